The van der Waals surface area contributed by atoms with Crippen LogP contribution < -0.4 is 5.73 Å². The van der Waals surface area contributed by atoms with Gasteiger partial charge in [0.2, 0.25) is 5.91 Å². The van der Waals surface area contributed by atoms with Gasteiger partial charge in [-0.3, -0.25) is 14.5 Å². The summed E-state index contributed by atoms with van der Waals surface area (Å²) in [6.45, 7) is 7.35. The van der Waals surface area contributed by atoms with Crippen LogP contribution in [-0.4, -0.2) is 59.4 Å². The Morgan fingerprint density at radius 1 is 1.12 bits per heavy atom. The molecule has 0 unspecified atom stereocenters. The minimum absolute atomic E-state index is 0.00157. The zero-order valence-corrected chi connectivity index (χ0v) is 18.3. The van der Waals surface area contributed by atoms with Gasteiger partial charge in [-0.2, -0.15) is 4.98 Å². The maximum Gasteiger partial charge on any atom is 0.292 e. The van der Waals surface area contributed by atoms with Gasteiger partial charge in [0.05, 0.1) is 19.9 Å². The highest BCUT2D eigenvalue weighted by Crippen LogP contribution is 2.60. The second-order valence-electron chi connectivity index (χ2n) is 9.89. The number of Topliss-reactive ketones (excluding diaryl/α,β-unsaturated/α-hetero) is 1. The highest BCUT2D eigenvalue weighted by atomic mass is 16.5. The van der Waals surface area contributed by atoms with Crippen LogP contribution in [0.5, 0.6) is 0 Å². The van der Waals surface area contributed by atoms with Crippen molar-refractivity contribution in [2.24, 2.45) is 5.41 Å². The van der Waals surface area contributed by atoms with Gasteiger partial charge in [-0.15, -0.1) is 0 Å². The Kier molecular flexibility index (Phi) is 4.02. The Morgan fingerprint density at radius 2 is 1.88 bits per heavy atom. The van der Waals surface area contributed by atoms with Gasteiger partial charge in [-0.25, -0.2) is 0 Å². The lowest BCUT2D eigenvalue weighted by atomic mass is 9.67. The van der Waals surface area contributed by atoms with Crippen molar-refractivity contribution in [2.45, 2.75) is 32.1 Å². The van der Waals surface area contributed by atoms with Gasteiger partial charge in [0.25, 0.3) is 6.01 Å². The summed E-state index contributed by atoms with van der Waals surface area (Å²) >= 11 is 0. The molecular weight excluding hydrogens is 408 g/mol. The van der Waals surface area contributed by atoms with Crippen LogP contribution in [0.1, 0.15) is 37.9 Å². The van der Waals surface area contributed by atoms with E-state index in [0.717, 1.165) is 29.9 Å². The molecule has 3 heterocycles. The number of nitrogen functional groups attached to an aromatic ring is 1. The van der Waals surface area contributed by atoms with E-state index in [9.17, 15) is 9.59 Å². The van der Waals surface area contributed by atoms with E-state index in [0.29, 0.717) is 49.8 Å². The fourth-order valence-corrected chi connectivity index (χ4v) is 5.85. The third-order valence-electron chi connectivity index (χ3n) is 7.14. The second kappa shape index (κ2) is 6.52. The number of hydrogen-bond donors (Lipinski definition) is 1. The molecular formula is C24H26N4O4. The van der Waals surface area contributed by atoms with Crippen LogP contribution in [-0.2, 0) is 19.7 Å². The SMILES string of the molecule is CC1(C)CC(=O)C2=C(C1)N(CN1CCOCC1)C(=O)[C@]21c2ccccc2-c2oc(N)nc21. The minimum Gasteiger partial charge on any atom is -0.423 e. The van der Waals surface area contributed by atoms with Crippen LogP contribution in [0.15, 0.2) is 40.0 Å². The standard InChI is InChI=1S/C24H26N4O4/c1-23(2)11-16-18(17(29)12-23)24(21(30)28(16)13-27-7-9-31-10-8-27)15-6-4-3-5-14(15)19-20(24)26-22(25)32-19/h3-6H,7-13H2,1-2H3,(H2,25,26)/t24-/m1/s1. The number of amides is 1. The van der Waals surface area contributed by atoms with E-state index in [1.165, 1.54) is 0 Å². The molecule has 2 N–H and O–H groups in total. The van der Waals surface area contributed by atoms with Gasteiger partial charge in [-0.1, -0.05) is 38.1 Å². The molecule has 0 radical (unpaired) electrons. The van der Waals surface area contributed by atoms with Crippen LogP contribution in [0.2, 0.25) is 0 Å². The zero-order valence-electron chi connectivity index (χ0n) is 18.3. The number of aromatic nitrogens is 1. The molecule has 0 saturated carbocycles. The van der Waals surface area contributed by atoms with E-state index in [2.05, 4.69) is 23.7 Å². The molecule has 4 aliphatic rings. The number of hydrogen-bond acceptors (Lipinski definition) is 7. The highest BCUT2D eigenvalue weighted by molar-refractivity contribution is 6.16. The predicted molar refractivity (Wildman–Crippen MR) is 116 cm³/mol. The molecule has 6 rings (SSSR count). The normalized spacial score (nSPS) is 26.6. The second-order valence-corrected chi connectivity index (χ2v) is 9.89. The molecule has 1 spiro atoms. The number of oxazole rings is 1. The third kappa shape index (κ3) is 2.47. The first-order valence-corrected chi connectivity index (χ1v) is 11.1. The average molecular weight is 434 g/mol. The molecule has 1 saturated heterocycles. The number of ketones is 1. The molecule has 0 bridgehead atoms. The van der Waals surface area contributed by atoms with Crippen molar-refractivity contribution < 1.29 is 18.7 Å². The topological polar surface area (TPSA) is 102 Å². The third-order valence-corrected chi connectivity index (χ3v) is 7.14. The first-order chi connectivity index (χ1) is 15.3. The van der Waals surface area contributed by atoms with Crippen molar-refractivity contribution in [1.82, 2.24) is 14.8 Å². The van der Waals surface area contributed by atoms with Crippen molar-refractivity contribution in [2.75, 3.05) is 38.7 Å². The van der Waals surface area contributed by atoms with Crippen molar-refractivity contribution >= 4 is 17.7 Å². The van der Waals surface area contributed by atoms with Gasteiger partial charge >= 0.3 is 0 Å². The summed E-state index contributed by atoms with van der Waals surface area (Å²) in [5, 5.41) is 0. The number of carbonyl (C=O) groups excluding carboxylic acids is 2. The predicted octanol–water partition coefficient (Wildman–Crippen LogP) is 2.30. The summed E-state index contributed by atoms with van der Waals surface area (Å²) < 4.78 is 11.3. The molecule has 1 aromatic carbocycles. The molecule has 32 heavy (non-hydrogen) atoms. The number of allylic oxidation sites excluding steroid dienone is 1. The van der Waals surface area contributed by atoms with E-state index in [4.69, 9.17) is 14.9 Å². The Bertz CT molecular complexity index is 1190. The van der Waals surface area contributed by atoms with E-state index in [-0.39, 0.29) is 23.1 Å². The summed E-state index contributed by atoms with van der Waals surface area (Å²) in [4.78, 5) is 36.6. The van der Waals surface area contributed by atoms with Crippen LogP contribution in [0.4, 0.5) is 6.01 Å². The quantitative estimate of drug-likeness (QED) is 0.774. The Hall–Kier alpha value is -2.97. The number of carbonyl (C=O) groups is 2. The zero-order chi connectivity index (χ0) is 22.3. The van der Waals surface area contributed by atoms with E-state index in [1.54, 1.807) is 0 Å². The highest BCUT2D eigenvalue weighted by Gasteiger charge is 2.65. The van der Waals surface area contributed by atoms with Gasteiger partial charge < -0.3 is 19.8 Å². The fourth-order valence-electron chi connectivity index (χ4n) is 5.85. The molecule has 166 valence electrons. The number of nitrogens with two attached hydrogens (primary N) is 1. The van der Waals surface area contributed by atoms with Crippen molar-refractivity contribution in [3.63, 3.8) is 0 Å². The monoisotopic (exact) mass is 434 g/mol. The Balaban J connectivity index is 1.59. The number of fused-ring (bicyclic) bond motifs is 6. The maximum atomic E-state index is 14.4. The number of benzene rings is 1. The van der Waals surface area contributed by atoms with E-state index >= 15 is 0 Å². The summed E-state index contributed by atoms with van der Waals surface area (Å²) in [6, 6.07) is 7.62. The van der Waals surface area contributed by atoms with Crippen molar-refractivity contribution in [3.05, 3.63) is 46.8 Å². The maximum absolute atomic E-state index is 14.4. The lowest BCUT2D eigenvalue weighted by Crippen LogP contribution is -2.48. The first-order valence-electron chi connectivity index (χ1n) is 11.1. The number of rotatable bonds is 2. The van der Waals surface area contributed by atoms with Crippen LogP contribution in [0.3, 0.4) is 0 Å². The molecule has 2 aromatic rings. The fraction of sp³-hybridized carbons (Fsp3) is 0.458. The number of ether oxygens (including phenoxy) is 1. The minimum atomic E-state index is -1.29. The number of morpholine rings is 1. The van der Waals surface area contributed by atoms with Gasteiger partial charge in [0, 0.05) is 36.3 Å². The Labute approximate surface area is 186 Å². The molecule has 1 fully saturated rings. The smallest absolute Gasteiger partial charge is 0.292 e. The summed E-state index contributed by atoms with van der Waals surface area (Å²) in [6.07, 6.45) is 1.04. The van der Waals surface area contributed by atoms with Crippen molar-refractivity contribution in [1.29, 1.82) is 0 Å². The molecule has 2 aliphatic carbocycles. The molecule has 2 aliphatic heterocycles. The summed E-state index contributed by atoms with van der Waals surface area (Å²) in [5.41, 5.74) is 7.78. The van der Waals surface area contributed by atoms with E-state index < -0.39 is 5.41 Å². The Morgan fingerprint density at radius 3 is 2.66 bits per heavy atom. The lowest BCUT2D eigenvalue weighted by molar-refractivity contribution is -0.134. The summed E-state index contributed by atoms with van der Waals surface area (Å²) in [5.74, 6) is 0.349. The molecule has 8 nitrogen and oxygen atoms in total. The summed E-state index contributed by atoms with van der Waals surface area (Å²) in [7, 11) is 0. The van der Waals surface area contributed by atoms with Gasteiger partial charge in [-0.05, 0) is 17.4 Å². The van der Waals surface area contributed by atoms with Crippen LogP contribution in [0, 0.1) is 5.41 Å². The molecule has 1 atom stereocenters. The number of anilines is 1. The van der Waals surface area contributed by atoms with Gasteiger partial charge in [0.15, 0.2) is 17.0 Å². The molecule has 8 heteroatoms. The molecule has 1 amide bonds. The van der Waals surface area contributed by atoms with Crippen LogP contribution in [0.25, 0.3) is 11.3 Å². The van der Waals surface area contributed by atoms with E-state index in [1.807, 2.05) is 29.2 Å². The lowest BCUT2D eigenvalue weighted by Gasteiger charge is -2.36. The number of nitrogens with zero attached hydrogens (tertiary/aromatic N) is 3. The largest absolute Gasteiger partial charge is 0.423 e. The van der Waals surface area contributed by atoms with Crippen molar-refractivity contribution in [3.8, 4) is 11.3 Å². The van der Waals surface area contributed by atoms with Gasteiger partial charge in [0.1, 0.15) is 5.69 Å². The average Bonchev–Trinajstić information content (AvgIpc) is 3.33. The van der Waals surface area contributed by atoms with Crippen LogP contribution >= 0.6 is 0 Å². The first kappa shape index (κ1) is 19.7. The molecule has 1 aromatic heterocycles.